The fourth-order valence-electron chi connectivity index (χ4n) is 4.39. The number of aryl methyl sites for hydroxylation is 1. The number of amides is 1. The summed E-state index contributed by atoms with van der Waals surface area (Å²) in [7, 11) is 1.29. The van der Waals surface area contributed by atoms with Crippen molar-refractivity contribution in [3.05, 3.63) is 65.4 Å². The van der Waals surface area contributed by atoms with Crippen molar-refractivity contribution >= 4 is 28.3 Å². The van der Waals surface area contributed by atoms with Crippen LogP contribution in [0, 0.1) is 0 Å². The normalized spacial score (nSPS) is 13.9. The lowest BCUT2D eigenvalue weighted by atomic mass is 10.1. The zero-order valence-electron chi connectivity index (χ0n) is 21.8. The highest BCUT2D eigenvalue weighted by Crippen LogP contribution is 2.31. The SMILES string of the molecule is COC(=O)C(C)Oc1cc(Oc2ccc(-c3nnc4n3CCCCCC4)cc2)cc(C(=O)Nc2nccs2)c1. The van der Waals surface area contributed by atoms with Crippen LogP contribution in [0.4, 0.5) is 5.13 Å². The summed E-state index contributed by atoms with van der Waals surface area (Å²) >= 11 is 1.31. The maximum Gasteiger partial charge on any atom is 0.346 e. The Balaban J connectivity index is 1.38. The zero-order chi connectivity index (χ0) is 27.2. The minimum Gasteiger partial charge on any atom is -0.479 e. The number of ether oxygens (including phenoxy) is 3. The molecule has 5 rings (SSSR count). The molecule has 2 aromatic heterocycles. The van der Waals surface area contributed by atoms with Gasteiger partial charge in [-0.15, -0.1) is 21.5 Å². The van der Waals surface area contributed by atoms with Crippen molar-refractivity contribution in [1.82, 2.24) is 19.7 Å². The number of esters is 1. The number of rotatable bonds is 8. The second kappa shape index (κ2) is 12.1. The van der Waals surface area contributed by atoms with Crippen LogP contribution in [0.25, 0.3) is 11.4 Å². The second-order valence-corrected chi connectivity index (χ2v) is 10.0. The Morgan fingerprint density at radius 1 is 1.00 bits per heavy atom. The van der Waals surface area contributed by atoms with Gasteiger partial charge >= 0.3 is 5.97 Å². The van der Waals surface area contributed by atoms with Crippen molar-refractivity contribution in [1.29, 1.82) is 0 Å². The maximum atomic E-state index is 12.9. The monoisotopic (exact) mass is 547 g/mol. The lowest BCUT2D eigenvalue weighted by Gasteiger charge is -2.15. The lowest BCUT2D eigenvalue weighted by molar-refractivity contribution is -0.147. The average molecular weight is 548 g/mol. The van der Waals surface area contributed by atoms with Crippen molar-refractivity contribution in [2.45, 2.75) is 51.7 Å². The predicted molar refractivity (Wildman–Crippen MR) is 146 cm³/mol. The molecule has 2 aromatic carbocycles. The van der Waals surface area contributed by atoms with Gasteiger partial charge in [0.25, 0.3) is 5.91 Å². The topological polar surface area (TPSA) is 117 Å². The minimum absolute atomic E-state index is 0.286. The number of methoxy groups -OCH3 is 1. The molecule has 1 aliphatic rings. The van der Waals surface area contributed by atoms with Gasteiger partial charge in [-0.2, -0.15) is 0 Å². The van der Waals surface area contributed by atoms with E-state index in [1.165, 1.54) is 37.4 Å². The number of nitrogens with zero attached hydrogens (tertiary/aromatic N) is 4. The molecule has 1 atom stereocenters. The molecule has 1 unspecified atom stereocenters. The molecule has 4 aromatic rings. The fraction of sp³-hybridized carbons (Fsp3) is 0.321. The number of anilines is 1. The number of aromatic nitrogens is 4. The van der Waals surface area contributed by atoms with Crippen LogP contribution in [0.2, 0.25) is 0 Å². The van der Waals surface area contributed by atoms with Crippen molar-refractivity contribution < 1.29 is 23.8 Å². The molecule has 3 heterocycles. The number of benzene rings is 2. The molecule has 0 saturated carbocycles. The lowest BCUT2D eigenvalue weighted by Crippen LogP contribution is -2.25. The van der Waals surface area contributed by atoms with Crippen molar-refractivity contribution in [3.63, 3.8) is 0 Å². The molecular weight excluding hydrogens is 518 g/mol. The number of nitrogens with one attached hydrogen (secondary N) is 1. The number of hydrogen-bond donors (Lipinski definition) is 1. The standard InChI is InChI=1S/C28H29N5O5S/c1-18(27(35)36-2)37-22-15-20(26(34)30-28-29-12-14-39-28)16-23(17-22)38-21-10-8-19(9-11-21)25-32-31-24-7-5-3-4-6-13-33(24)25/h8-12,14-18H,3-7,13H2,1-2H3,(H,29,30,34). The first-order chi connectivity index (χ1) is 19.0. The van der Waals surface area contributed by atoms with Crippen LogP contribution < -0.4 is 14.8 Å². The summed E-state index contributed by atoms with van der Waals surface area (Å²) in [6.07, 6.45) is 6.38. The Hall–Kier alpha value is -4.25. The molecule has 39 heavy (non-hydrogen) atoms. The summed E-state index contributed by atoms with van der Waals surface area (Å²) in [5.41, 5.74) is 1.24. The minimum atomic E-state index is -0.873. The van der Waals surface area contributed by atoms with Crippen molar-refractivity contribution in [2.75, 3.05) is 12.4 Å². The molecule has 0 fully saturated rings. The van der Waals surface area contributed by atoms with Crippen LogP contribution in [-0.4, -0.2) is 44.8 Å². The van der Waals surface area contributed by atoms with E-state index >= 15 is 0 Å². The van der Waals surface area contributed by atoms with Gasteiger partial charge in [-0.05, 0) is 56.2 Å². The Bertz CT molecular complexity index is 1440. The molecule has 1 amide bonds. The summed E-state index contributed by atoms with van der Waals surface area (Å²) in [5.74, 6) is 2.19. The van der Waals surface area contributed by atoms with E-state index in [0.717, 1.165) is 43.0 Å². The van der Waals surface area contributed by atoms with Crippen LogP contribution in [-0.2, 0) is 22.5 Å². The molecule has 0 spiro atoms. The van der Waals surface area contributed by atoms with Crippen molar-refractivity contribution in [3.8, 4) is 28.6 Å². The molecule has 11 heteroatoms. The summed E-state index contributed by atoms with van der Waals surface area (Å²) < 4.78 is 18.8. The van der Waals surface area contributed by atoms with Crippen LogP contribution in [0.15, 0.2) is 54.0 Å². The number of fused-ring (bicyclic) bond motifs is 1. The molecule has 0 bridgehead atoms. The van der Waals surface area contributed by atoms with E-state index in [9.17, 15) is 9.59 Å². The quantitative estimate of drug-likeness (QED) is 0.287. The van der Waals surface area contributed by atoms with Crippen LogP contribution >= 0.6 is 11.3 Å². The molecule has 1 aliphatic heterocycles. The Morgan fingerprint density at radius 3 is 2.56 bits per heavy atom. The van der Waals surface area contributed by atoms with Gasteiger partial charge in [0.15, 0.2) is 17.1 Å². The highest BCUT2D eigenvalue weighted by atomic mass is 32.1. The van der Waals surface area contributed by atoms with Crippen LogP contribution in [0.3, 0.4) is 0 Å². The molecule has 1 N–H and O–H groups in total. The molecule has 0 aliphatic carbocycles. The largest absolute Gasteiger partial charge is 0.479 e. The average Bonchev–Trinajstić information content (AvgIpc) is 3.58. The Morgan fingerprint density at radius 2 is 1.79 bits per heavy atom. The van der Waals surface area contributed by atoms with Gasteiger partial charge in [-0.1, -0.05) is 12.8 Å². The third-order valence-electron chi connectivity index (χ3n) is 6.35. The van der Waals surface area contributed by atoms with Crippen LogP contribution in [0.1, 0.15) is 48.8 Å². The molecule has 10 nitrogen and oxygen atoms in total. The van der Waals surface area contributed by atoms with Crippen molar-refractivity contribution in [2.24, 2.45) is 0 Å². The van der Waals surface area contributed by atoms with Gasteiger partial charge in [0.2, 0.25) is 0 Å². The highest BCUT2D eigenvalue weighted by molar-refractivity contribution is 7.13. The van der Waals surface area contributed by atoms with E-state index in [1.807, 2.05) is 24.3 Å². The summed E-state index contributed by atoms with van der Waals surface area (Å²) in [6.45, 7) is 2.48. The smallest absolute Gasteiger partial charge is 0.346 e. The highest BCUT2D eigenvalue weighted by Gasteiger charge is 2.19. The molecule has 202 valence electrons. The number of thiazole rings is 1. The first-order valence-electron chi connectivity index (χ1n) is 12.8. The number of carbonyl (C=O) groups is 2. The summed E-state index contributed by atoms with van der Waals surface area (Å²) in [5, 5.41) is 13.9. The first kappa shape index (κ1) is 26.4. The Labute approximate surface area is 230 Å². The van der Waals surface area contributed by atoms with E-state index in [4.69, 9.17) is 14.2 Å². The molecule has 0 radical (unpaired) electrons. The van der Waals surface area contributed by atoms with Gasteiger partial charge in [0.05, 0.1) is 7.11 Å². The van der Waals surface area contributed by atoms with Gasteiger partial charge in [0.1, 0.15) is 23.1 Å². The summed E-state index contributed by atoms with van der Waals surface area (Å²) in [6, 6.07) is 12.3. The molecular formula is C28H29N5O5S. The van der Waals surface area contributed by atoms with E-state index in [-0.39, 0.29) is 17.2 Å². The fourth-order valence-corrected chi connectivity index (χ4v) is 4.91. The van der Waals surface area contributed by atoms with Gasteiger partial charge in [-0.3, -0.25) is 10.1 Å². The van der Waals surface area contributed by atoms with Gasteiger partial charge < -0.3 is 18.8 Å². The third-order valence-corrected chi connectivity index (χ3v) is 7.04. The third kappa shape index (κ3) is 6.43. The first-order valence-corrected chi connectivity index (χ1v) is 13.7. The van der Waals surface area contributed by atoms with Crippen LogP contribution in [0.5, 0.6) is 17.2 Å². The zero-order valence-corrected chi connectivity index (χ0v) is 22.6. The van der Waals surface area contributed by atoms with Gasteiger partial charge in [0, 0.05) is 41.7 Å². The number of carbonyl (C=O) groups excluding carboxylic acids is 2. The number of hydrogen-bond acceptors (Lipinski definition) is 9. The van der Waals surface area contributed by atoms with Gasteiger partial charge in [-0.25, -0.2) is 9.78 Å². The van der Waals surface area contributed by atoms with E-state index < -0.39 is 12.1 Å². The second-order valence-electron chi connectivity index (χ2n) is 9.15. The molecule has 0 saturated heterocycles. The summed E-state index contributed by atoms with van der Waals surface area (Å²) in [4.78, 5) is 28.9. The maximum absolute atomic E-state index is 12.9. The van der Waals surface area contributed by atoms with E-state index in [1.54, 1.807) is 30.6 Å². The Kier molecular flexibility index (Phi) is 8.16. The van der Waals surface area contributed by atoms with E-state index in [2.05, 4.69) is 25.1 Å². The predicted octanol–water partition coefficient (Wildman–Crippen LogP) is 5.50. The van der Waals surface area contributed by atoms with E-state index in [0.29, 0.717) is 16.6 Å².